The highest BCUT2D eigenvalue weighted by Crippen LogP contribution is 2.27. The standard InChI is InChI=1S/C19H24N6O2S/c1-12(2)25-16(10-11-20-25)21-18(26)13(3)28-19-23-22-17(24(19)4)14-6-8-15(27-5)9-7-14/h6-13H,1-5H3,(H,21,26)/t13-/m1/s1. The van der Waals surface area contributed by atoms with Gasteiger partial charge in [0.15, 0.2) is 11.0 Å². The topological polar surface area (TPSA) is 86.9 Å². The molecule has 9 heteroatoms. The molecular weight excluding hydrogens is 376 g/mol. The molecule has 8 nitrogen and oxygen atoms in total. The first-order valence-corrected chi connectivity index (χ1v) is 9.83. The highest BCUT2D eigenvalue weighted by molar-refractivity contribution is 8.00. The van der Waals surface area contributed by atoms with E-state index in [2.05, 4.69) is 20.6 Å². The van der Waals surface area contributed by atoms with Gasteiger partial charge in [0.2, 0.25) is 5.91 Å². The van der Waals surface area contributed by atoms with Crippen LogP contribution < -0.4 is 10.1 Å². The van der Waals surface area contributed by atoms with Crippen LogP contribution in [0, 0.1) is 0 Å². The van der Waals surface area contributed by atoms with Gasteiger partial charge < -0.3 is 14.6 Å². The number of hydrogen-bond donors (Lipinski definition) is 1. The first kappa shape index (κ1) is 19.9. The predicted octanol–water partition coefficient (Wildman–Crippen LogP) is 3.39. The molecule has 0 fully saturated rings. The lowest BCUT2D eigenvalue weighted by Gasteiger charge is -2.14. The Labute approximate surface area is 168 Å². The smallest absolute Gasteiger partial charge is 0.238 e. The van der Waals surface area contributed by atoms with Gasteiger partial charge in [-0.2, -0.15) is 5.10 Å². The Morgan fingerprint density at radius 1 is 1.14 bits per heavy atom. The molecule has 1 N–H and O–H groups in total. The van der Waals surface area contributed by atoms with E-state index in [9.17, 15) is 4.79 Å². The maximum absolute atomic E-state index is 12.6. The van der Waals surface area contributed by atoms with Crippen molar-refractivity contribution in [2.75, 3.05) is 12.4 Å². The highest BCUT2D eigenvalue weighted by Gasteiger charge is 2.21. The van der Waals surface area contributed by atoms with Crippen LogP contribution in [0.25, 0.3) is 11.4 Å². The van der Waals surface area contributed by atoms with Gasteiger partial charge >= 0.3 is 0 Å². The maximum Gasteiger partial charge on any atom is 0.238 e. The second-order valence-electron chi connectivity index (χ2n) is 6.60. The second kappa shape index (κ2) is 8.47. The monoisotopic (exact) mass is 400 g/mol. The van der Waals surface area contributed by atoms with E-state index in [1.165, 1.54) is 11.8 Å². The minimum atomic E-state index is -0.345. The van der Waals surface area contributed by atoms with Crippen molar-refractivity contribution >= 4 is 23.5 Å². The van der Waals surface area contributed by atoms with Crippen LogP contribution in [0.4, 0.5) is 5.82 Å². The first-order valence-electron chi connectivity index (χ1n) is 8.95. The fourth-order valence-electron chi connectivity index (χ4n) is 2.67. The molecule has 3 aromatic rings. The lowest BCUT2D eigenvalue weighted by Crippen LogP contribution is -2.25. The number of anilines is 1. The lowest BCUT2D eigenvalue weighted by molar-refractivity contribution is -0.115. The van der Waals surface area contributed by atoms with Crippen LogP contribution >= 0.6 is 11.8 Å². The number of ether oxygens (including phenoxy) is 1. The molecule has 0 radical (unpaired) electrons. The minimum Gasteiger partial charge on any atom is -0.497 e. The SMILES string of the molecule is COc1ccc(-c2nnc(S[C@H](C)C(=O)Nc3ccnn3C(C)C)n2C)cc1. The lowest BCUT2D eigenvalue weighted by atomic mass is 10.2. The van der Waals surface area contributed by atoms with Crippen molar-refractivity contribution in [3.05, 3.63) is 36.5 Å². The third-order valence-electron chi connectivity index (χ3n) is 4.25. The van der Waals surface area contributed by atoms with Crippen LogP contribution in [0.5, 0.6) is 5.75 Å². The molecule has 0 spiro atoms. The summed E-state index contributed by atoms with van der Waals surface area (Å²) in [6, 6.07) is 9.58. The van der Waals surface area contributed by atoms with Crippen LogP contribution in [0.15, 0.2) is 41.7 Å². The molecule has 28 heavy (non-hydrogen) atoms. The van der Waals surface area contributed by atoms with Gasteiger partial charge in [-0.3, -0.25) is 4.79 Å². The Balaban J connectivity index is 1.70. The number of aromatic nitrogens is 5. The summed E-state index contributed by atoms with van der Waals surface area (Å²) in [7, 11) is 3.52. The van der Waals surface area contributed by atoms with Gasteiger partial charge in [0.25, 0.3) is 0 Å². The number of rotatable bonds is 7. The number of nitrogens with one attached hydrogen (secondary N) is 1. The molecule has 3 rings (SSSR count). The fourth-order valence-corrected chi connectivity index (χ4v) is 3.49. The van der Waals surface area contributed by atoms with Crippen LogP contribution in [0.1, 0.15) is 26.8 Å². The summed E-state index contributed by atoms with van der Waals surface area (Å²) in [5, 5.41) is 16.0. The molecule has 148 valence electrons. The van der Waals surface area contributed by atoms with Crippen molar-refractivity contribution in [2.24, 2.45) is 7.05 Å². The Kier molecular flexibility index (Phi) is 6.03. The van der Waals surface area contributed by atoms with Gasteiger partial charge in [0.1, 0.15) is 11.6 Å². The number of nitrogens with zero attached hydrogens (tertiary/aromatic N) is 5. The highest BCUT2D eigenvalue weighted by atomic mass is 32.2. The number of methoxy groups -OCH3 is 1. The quantitative estimate of drug-likeness (QED) is 0.612. The van der Waals surface area contributed by atoms with Crippen LogP contribution in [-0.4, -0.2) is 42.8 Å². The summed E-state index contributed by atoms with van der Waals surface area (Å²) >= 11 is 1.36. The Morgan fingerprint density at radius 2 is 1.86 bits per heavy atom. The molecule has 0 bridgehead atoms. The van der Waals surface area contributed by atoms with Crippen molar-refractivity contribution < 1.29 is 9.53 Å². The van der Waals surface area contributed by atoms with Crippen molar-refractivity contribution in [1.82, 2.24) is 24.5 Å². The molecule has 0 aliphatic heterocycles. The largest absolute Gasteiger partial charge is 0.497 e. The zero-order chi connectivity index (χ0) is 20.3. The molecule has 1 atom stereocenters. The van der Waals surface area contributed by atoms with Crippen LogP contribution in [-0.2, 0) is 11.8 Å². The first-order chi connectivity index (χ1) is 13.4. The Hall–Kier alpha value is -2.81. The van der Waals surface area contributed by atoms with Crippen molar-refractivity contribution in [3.63, 3.8) is 0 Å². The zero-order valence-electron chi connectivity index (χ0n) is 16.6. The second-order valence-corrected chi connectivity index (χ2v) is 7.91. The van der Waals surface area contributed by atoms with Gasteiger partial charge in [-0.1, -0.05) is 11.8 Å². The van der Waals surface area contributed by atoms with Gasteiger partial charge in [0.05, 0.1) is 18.6 Å². The molecule has 0 aliphatic carbocycles. The van der Waals surface area contributed by atoms with E-state index in [0.717, 1.165) is 17.1 Å². The van der Waals surface area contributed by atoms with Gasteiger partial charge in [0, 0.05) is 24.7 Å². The molecule has 0 saturated heterocycles. The van der Waals surface area contributed by atoms with E-state index in [1.54, 1.807) is 24.1 Å². The molecule has 2 heterocycles. The summed E-state index contributed by atoms with van der Waals surface area (Å²) in [6.07, 6.45) is 1.68. The van der Waals surface area contributed by atoms with Crippen molar-refractivity contribution in [1.29, 1.82) is 0 Å². The average molecular weight is 401 g/mol. The van der Waals surface area contributed by atoms with Crippen molar-refractivity contribution in [2.45, 2.75) is 37.2 Å². The van der Waals surface area contributed by atoms with E-state index in [1.807, 2.05) is 56.7 Å². The van der Waals surface area contributed by atoms with Crippen LogP contribution in [0.3, 0.4) is 0 Å². The van der Waals surface area contributed by atoms with E-state index in [-0.39, 0.29) is 17.2 Å². The number of amides is 1. The Bertz CT molecular complexity index is 948. The fraction of sp³-hybridized carbons (Fsp3) is 0.368. The third-order valence-corrected chi connectivity index (χ3v) is 5.38. The molecular formula is C19H24N6O2S. The molecule has 1 amide bonds. The average Bonchev–Trinajstić information content (AvgIpc) is 3.29. The summed E-state index contributed by atoms with van der Waals surface area (Å²) in [6.45, 7) is 5.87. The molecule has 0 aliphatic rings. The predicted molar refractivity (Wildman–Crippen MR) is 110 cm³/mol. The van der Waals surface area contributed by atoms with Gasteiger partial charge in [-0.25, -0.2) is 4.68 Å². The summed E-state index contributed by atoms with van der Waals surface area (Å²) in [4.78, 5) is 12.6. The summed E-state index contributed by atoms with van der Waals surface area (Å²) < 4.78 is 8.85. The molecule has 0 unspecified atom stereocenters. The number of carbonyl (C=O) groups is 1. The van der Waals surface area contributed by atoms with Gasteiger partial charge in [-0.15, -0.1) is 10.2 Å². The number of carbonyl (C=O) groups excluding carboxylic acids is 1. The van der Waals surface area contributed by atoms with E-state index < -0.39 is 0 Å². The molecule has 2 aromatic heterocycles. The van der Waals surface area contributed by atoms with E-state index in [4.69, 9.17) is 4.74 Å². The zero-order valence-corrected chi connectivity index (χ0v) is 17.4. The number of thioether (sulfide) groups is 1. The maximum atomic E-state index is 12.6. The van der Waals surface area contributed by atoms with E-state index in [0.29, 0.717) is 11.0 Å². The van der Waals surface area contributed by atoms with Crippen molar-refractivity contribution in [3.8, 4) is 17.1 Å². The molecule has 0 saturated carbocycles. The van der Waals surface area contributed by atoms with Crippen LogP contribution in [0.2, 0.25) is 0 Å². The number of hydrogen-bond acceptors (Lipinski definition) is 6. The molecule has 1 aromatic carbocycles. The van der Waals surface area contributed by atoms with Gasteiger partial charge in [-0.05, 0) is 45.0 Å². The number of benzene rings is 1. The summed E-state index contributed by atoms with van der Waals surface area (Å²) in [5.74, 6) is 2.09. The normalized spacial score (nSPS) is 12.2. The van der Waals surface area contributed by atoms with E-state index >= 15 is 0 Å². The Morgan fingerprint density at radius 3 is 2.50 bits per heavy atom. The third kappa shape index (κ3) is 4.19. The minimum absolute atomic E-state index is 0.110. The summed E-state index contributed by atoms with van der Waals surface area (Å²) in [5.41, 5.74) is 0.931.